The van der Waals surface area contributed by atoms with Crippen LogP contribution in [0.1, 0.15) is 33.6 Å². The molecule has 0 radical (unpaired) electrons. The fraction of sp³-hybridized carbons (Fsp3) is 0.833. The molecule has 0 aromatic rings. The van der Waals surface area contributed by atoms with Gasteiger partial charge >= 0.3 is 12.0 Å². The highest BCUT2D eigenvalue weighted by Gasteiger charge is 2.32. The molecule has 1 heterocycles. The fourth-order valence-corrected chi connectivity index (χ4v) is 2.18. The Hall–Kier alpha value is -1.26. The Labute approximate surface area is 102 Å². The Kier molecular flexibility index (Phi) is 4.78. The molecule has 0 saturated carbocycles. The number of urea groups is 1. The Morgan fingerprint density at radius 1 is 1.35 bits per heavy atom. The summed E-state index contributed by atoms with van der Waals surface area (Å²) in [5.41, 5.74) is 0. The molecular formula is C12H22N2O3. The van der Waals surface area contributed by atoms with Crippen LogP contribution in [0.4, 0.5) is 4.79 Å². The standard InChI is InChI=1S/C12H22N2O3/c1-8(2)4-9(3)13-12(17)14-6-10(7-14)5-11(15)16/h8-10H,4-7H2,1-3H3,(H,13,17)(H,15,16). The van der Waals surface area contributed by atoms with Gasteiger partial charge in [0.15, 0.2) is 0 Å². The second kappa shape index (κ2) is 5.89. The van der Waals surface area contributed by atoms with Gasteiger partial charge < -0.3 is 15.3 Å². The van der Waals surface area contributed by atoms with Crippen molar-refractivity contribution in [2.45, 2.75) is 39.7 Å². The third-order valence-electron chi connectivity index (χ3n) is 2.90. The van der Waals surface area contributed by atoms with Crippen LogP contribution >= 0.6 is 0 Å². The van der Waals surface area contributed by atoms with Crippen molar-refractivity contribution >= 4 is 12.0 Å². The smallest absolute Gasteiger partial charge is 0.317 e. The van der Waals surface area contributed by atoms with Gasteiger partial charge in [0.25, 0.3) is 0 Å². The van der Waals surface area contributed by atoms with Crippen molar-refractivity contribution < 1.29 is 14.7 Å². The number of aliphatic carboxylic acids is 1. The number of nitrogens with zero attached hydrogens (tertiary/aromatic N) is 1. The van der Waals surface area contributed by atoms with E-state index >= 15 is 0 Å². The van der Waals surface area contributed by atoms with Crippen LogP contribution in [0.15, 0.2) is 0 Å². The van der Waals surface area contributed by atoms with Crippen molar-refractivity contribution in [1.82, 2.24) is 10.2 Å². The maximum Gasteiger partial charge on any atom is 0.317 e. The van der Waals surface area contributed by atoms with E-state index in [0.717, 1.165) is 6.42 Å². The monoisotopic (exact) mass is 242 g/mol. The lowest BCUT2D eigenvalue weighted by molar-refractivity contribution is -0.139. The first-order valence-corrected chi connectivity index (χ1v) is 6.15. The number of carbonyl (C=O) groups excluding carboxylic acids is 1. The first kappa shape index (κ1) is 13.8. The maximum atomic E-state index is 11.7. The summed E-state index contributed by atoms with van der Waals surface area (Å²) in [4.78, 5) is 23.8. The summed E-state index contributed by atoms with van der Waals surface area (Å²) in [6.45, 7) is 7.36. The lowest BCUT2D eigenvalue weighted by atomic mass is 9.97. The van der Waals surface area contributed by atoms with Gasteiger partial charge in [0, 0.05) is 25.0 Å². The van der Waals surface area contributed by atoms with E-state index in [1.807, 2.05) is 6.92 Å². The van der Waals surface area contributed by atoms with Gasteiger partial charge in [0.05, 0.1) is 6.42 Å². The molecule has 1 saturated heterocycles. The molecule has 0 bridgehead atoms. The van der Waals surface area contributed by atoms with E-state index in [0.29, 0.717) is 19.0 Å². The van der Waals surface area contributed by atoms with Crippen LogP contribution in [0.5, 0.6) is 0 Å². The molecule has 0 aliphatic carbocycles. The maximum absolute atomic E-state index is 11.7. The average Bonchev–Trinajstić information content (AvgIpc) is 2.07. The van der Waals surface area contributed by atoms with Gasteiger partial charge in [-0.05, 0) is 19.3 Å². The summed E-state index contributed by atoms with van der Waals surface area (Å²) in [5.74, 6) is -0.108. The van der Waals surface area contributed by atoms with Crippen LogP contribution in [-0.4, -0.2) is 41.1 Å². The SMILES string of the molecule is CC(C)CC(C)NC(=O)N1CC(CC(=O)O)C1. The summed E-state index contributed by atoms with van der Waals surface area (Å²) in [5, 5.41) is 11.5. The predicted molar refractivity (Wildman–Crippen MR) is 64.8 cm³/mol. The van der Waals surface area contributed by atoms with Crippen molar-refractivity contribution in [1.29, 1.82) is 0 Å². The molecule has 1 aliphatic heterocycles. The van der Waals surface area contributed by atoms with Crippen LogP contribution in [0, 0.1) is 11.8 Å². The van der Waals surface area contributed by atoms with E-state index < -0.39 is 5.97 Å². The second-order valence-corrected chi connectivity index (χ2v) is 5.35. The number of carboxylic acid groups (broad SMARTS) is 1. The van der Waals surface area contributed by atoms with Crippen molar-refractivity contribution in [2.75, 3.05) is 13.1 Å². The summed E-state index contributed by atoms with van der Waals surface area (Å²) in [6.07, 6.45) is 1.11. The number of hydrogen-bond donors (Lipinski definition) is 2. The zero-order valence-corrected chi connectivity index (χ0v) is 10.8. The molecule has 1 aliphatic rings. The Morgan fingerprint density at radius 3 is 2.41 bits per heavy atom. The van der Waals surface area contributed by atoms with Gasteiger partial charge in [-0.25, -0.2) is 4.79 Å². The molecule has 1 rings (SSSR count). The van der Waals surface area contributed by atoms with E-state index in [9.17, 15) is 9.59 Å². The lowest BCUT2D eigenvalue weighted by Crippen LogP contribution is -2.55. The lowest BCUT2D eigenvalue weighted by Gasteiger charge is -2.39. The van der Waals surface area contributed by atoms with Gasteiger partial charge in [0.2, 0.25) is 0 Å². The van der Waals surface area contributed by atoms with Crippen molar-refractivity contribution in [3.8, 4) is 0 Å². The van der Waals surface area contributed by atoms with Crippen molar-refractivity contribution in [3.63, 3.8) is 0 Å². The molecule has 1 fully saturated rings. The topological polar surface area (TPSA) is 69.6 Å². The number of amides is 2. The third-order valence-corrected chi connectivity index (χ3v) is 2.90. The number of carbonyl (C=O) groups is 2. The molecule has 2 amide bonds. The van der Waals surface area contributed by atoms with Gasteiger partial charge in [-0.2, -0.15) is 0 Å². The highest BCUT2D eigenvalue weighted by Crippen LogP contribution is 2.19. The number of likely N-dealkylation sites (tertiary alicyclic amines) is 1. The zero-order valence-electron chi connectivity index (χ0n) is 10.8. The van der Waals surface area contributed by atoms with Crippen LogP contribution in [0.25, 0.3) is 0 Å². The van der Waals surface area contributed by atoms with E-state index in [4.69, 9.17) is 5.11 Å². The fourth-order valence-electron chi connectivity index (χ4n) is 2.18. The van der Waals surface area contributed by atoms with Gasteiger partial charge in [-0.15, -0.1) is 0 Å². The van der Waals surface area contributed by atoms with E-state index in [1.54, 1.807) is 4.90 Å². The number of rotatable bonds is 5. The molecule has 17 heavy (non-hydrogen) atoms. The molecule has 1 unspecified atom stereocenters. The van der Waals surface area contributed by atoms with Crippen LogP contribution in [-0.2, 0) is 4.79 Å². The number of nitrogens with one attached hydrogen (secondary N) is 1. The molecule has 0 aromatic heterocycles. The average molecular weight is 242 g/mol. The van der Waals surface area contributed by atoms with Gasteiger partial charge in [-0.3, -0.25) is 4.79 Å². The Balaban J connectivity index is 2.21. The minimum atomic E-state index is -0.789. The largest absolute Gasteiger partial charge is 0.481 e. The number of carboxylic acids is 1. The molecule has 98 valence electrons. The molecule has 5 heteroatoms. The van der Waals surface area contributed by atoms with Gasteiger partial charge in [-0.1, -0.05) is 13.8 Å². The molecule has 1 atom stereocenters. The van der Waals surface area contributed by atoms with Crippen LogP contribution in [0.3, 0.4) is 0 Å². The summed E-state index contributed by atoms with van der Waals surface area (Å²) in [7, 11) is 0. The van der Waals surface area contributed by atoms with E-state index in [-0.39, 0.29) is 24.4 Å². The quantitative estimate of drug-likeness (QED) is 0.768. The summed E-state index contributed by atoms with van der Waals surface area (Å²) < 4.78 is 0. The zero-order chi connectivity index (χ0) is 13.0. The molecular weight excluding hydrogens is 220 g/mol. The second-order valence-electron chi connectivity index (χ2n) is 5.35. The van der Waals surface area contributed by atoms with Gasteiger partial charge in [0.1, 0.15) is 0 Å². The highest BCUT2D eigenvalue weighted by molar-refractivity contribution is 5.76. The van der Waals surface area contributed by atoms with Crippen molar-refractivity contribution in [2.24, 2.45) is 11.8 Å². The van der Waals surface area contributed by atoms with Crippen LogP contribution in [0.2, 0.25) is 0 Å². The minimum Gasteiger partial charge on any atom is -0.481 e. The van der Waals surface area contributed by atoms with Crippen LogP contribution < -0.4 is 5.32 Å². The predicted octanol–water partition coefficient (Wildman–Crippen LogP) is 1.54. The molecule has 0 aromatic carbocycles. The third kappa shape index (κ3) is 4.63. The molecule has 0 spiro atoms. The van der Waals surface area contributed by atoms with Crippen molar-refractivity contribution in [3.05, 3.63) is 0 Å². The summed E-state index contributed by atoms with van der Waals surface area (Å²) in [6, 6.07) is 0.0980. The summed E-state index contributed by atoms with van der Waals surface area (Å²) >= 11 is 0. The Bertz CT molecular complexity index is 285. The van der Waals surface area contributed by atoms with E-state index in [2.05, 4.69) is 19.2 Å². The molecule has 2 N–H and O–H groups in total. The first-order chi connectivity index (χ1) is 7.88. The molecule has 5 nitrogen and oxygen atoms in total. The van der Waals surface area contributed by atoms with E-state index in [1.165, 1.54) is 0 Å². The first-order valence-electron chi connectivity index (χ1n) is 6.15. The highest BCUT2D eigenvalue weighted by atomic mass is 16.4. The normalized spacial score (nSPS) is 17.8. The minimum absolute atomic E-state index is 0.0696. The number of hydrogen-bond acceptors (Lipinski definition) is 2. The Morgan fingerprint density at radius 2 is 1.94 bits per heavy atom.